The van der Waals surface area contributed by atoms with Gasteiger partial charge < -0.3 is 5.73 Å². The van der Waals surface area contributed by atoms with Crippen molar-refractivity contribution in [3.63, 3.8) is 0 Å². The van der Waals surface area contributed by atoms with E-state index in [4.69, 9.17) is 20.7 Å². The van der Waals surface area contributed by atoms with Crippen molar-refractivity contribution in [1.82, 2.24) is 15.0 Å². The van der Waals surface area contributed by atoms with Crippen molar-refractivity contribution in [3.05, 3.63) is 192 Å². The van der Waals surface area contributed by atoms with Gasteiger partial charge in [0.05, 0.1) is 0 Å². The largest absolute Gasteiger partial charge is 0.399 e. The van der Waals surface area contributed by atoms with Crippen LogP contribution in [0.25, 0.3) is 33.7 Å². The smallest absolute Gasteiger partial charge is 0.164 e. The van der Waals surface area contributed by atoms with E-state index < -0.39 is 0 Å². The fourth-order valence-corrected chi connectivity index (χ4v) is 8.70. The average Bonchev–Trinajstić information content (AvgIpc) is 3.50. The quantitative estimate of drug-likeness (QED) is 0.187. The first-order valence-corrected chi connectivity index (χ1v) is 17.7. The highest BCUT2D eigenvalue weighted by molar-refractivity contribution is 5.79. The molecule has 0 saturated carbocycles. The van der Waals surface area contributed by atoms with Gasteiger partial charge >= 0.3 is 0 Å². The van der Waals surface area contributed by atoms with Crippen molar-refractivity contribution < 1.29 is 0 Å². The molecule has 0 spiro atoms. The van der Waals surface area contributed by atoms with E-state index in [1.54, 1.807) is 0 Å². The maximum atomic E-state index is 6.01. The van der Waals surface area contributed by atoms with Gasteiger partial charge in [-0.15, -0.1) is 0 Å². The Hall–Kier alpha value is -5.87. The molecule has 4 aliphatic rings. The van der Waals surface area contributed by atoms with Crippen molar-refractivity contribution in [3.8, 4) is 22.5 Å². The number of aromatic nitrogens is 3. The summed E-state index contributed by atoms with van der Waals surface area (Å²) in [5.74, 6) is 2.68. The molecule has 4 atom stereocenters. The molecule has 4 heteroatoms. The fraction of sp³-hybridized carbons (Fsp3) is 0.152. The van der Waals surface area contributed by atoms with Gasteiger partial charge in [-0.1, -0.05) is 146 Å². The van der Waals surface area contributed by atoms with E-state index in [-0.39, 0.29) is 17.3 Å². The van der Waals surface area contributed by atoms with E-state index in [2.05, 4.69) is 152 Å². The number of allylic oxidation sites excluding steroid dienone is 12. The number of nitrogen functional groups attached to an aromatic ring is 1. The summed E-state index contributed by atoms with van der Waals surface area (Å²) < 4.78 is 0. The molecule has 0 bridgehead atoms. The topological polar surface area (TPSA) is 64.7 Å². The Morgan fingerprint density at radius 1 is 0.640 bits per heavy atom. The molecule has 4 aliphatic carbocycles. The molecule has 0 amide bonds. The van der Waals surface area contributed by atoms with Gasteiger partial charge in [0.1, 0.15) is 0 Å². The third kappa shape index (κ3) is 5.02. The highest BCUT2D eigenvalue weighted by Crippen LogP contribution is 2.63. The summed E-state index contributed by atoms with van der Waals surface area (Å²) in [4.78, 5) is 15.7. The van der Waals surface area contributed by atoms with Crippen LogP contribution in [0.3, 0.4) is 0 Å². The Balaban J connectivity index is 1.22. The third-order valence-electron chi connectivity index (χ3n) is 10.9. The van der Waals surface area contributed by atoms with E-state index >= 15 is 0 Å². The summed E-state index contributed by atoms with van der Waals surface area (Å²) in [6.07, 6.45) is 25.7. The monoisotopic (exact) mass is 646 g/mol. The van der Waals surface area contributed by atoms with Gasteiger partial charge in [-0.2, -0.15) is 0 Å². The van der Waals surface area contributed by atoms with Gasteiger partial charge in [0.15, 0.2) is 17.5 Å². The summed E-state index contributed by atoms with van der Waals surface area (Å²) in [6, 6.07) is 36.7. The highest BCUT2D eigenvalue weighted by atomic mass is 15.0. The van der Waals surface area contributed by atoms with Crippen molar-refractivity contribution in [1.29, 1.82) is 0 Å². The lowest BCUT2D eigenvalue weighted by atomic mass is 9.58. The van der Waals surface area contributed by atoms with Crippen LogP contribution in [0.1, 0.15) is 53.5 Å². The van der Waals surface area contributed by atoms with Crippen LogP contribution in [0, 0.1) is 11.8 Å². The molecular formula is C46H38N4. The van der Waals surface area contributed by atoms with Gasteiger partial charge in [0, 0.05) is 39.6 Å². The van der Waals surface area contributed by atoms with Crippen LogP contribution >= 0.6 is 0 Å². The molecule has 0 fully saturated rings. The summed E-state index contributed by atoms with van der Waals surface area (Å²) in [5, 5.41) is 0. The number of fused-ring (bicyclic) bond motifs is 3. The van der Waals surface area contributed by atoms with E-state index in [9.17, 15) is 0 Å². The predicted octanol–water partition coefficient (Wildman–Crippen LogP) is 10.3. The zero-order chi connectivity index (χ0) is 33.5. The Morgan fingerprint density at radius 3 is 2.26 bits per heavy atom. The summed E-state index contributed by atoms with van der Waals surface area (Å²) in [6.45, 7) is 0. The van der Waals surface area contributed by atoms with Crippen molar-refractivity contribution in [2.24, 2.45) is 11.8 Å². The molecule has 0 radical (unpaired) electrons. The second-order valence-corrected chi connectivity index (χ2v) is 13.6. The zero-order valence-corrected chi connectivity index (χ0v) is 27.9. The SMILES string of the molecule is Nc1ccc(-c2cccc(-c3nc(C4=CCCC=C4)nc(C4=CC=CC5C4c4ccccc4C5(c4ccccc4)C4C=CC=CC4)n3)c2)cc1. The predicted molar refractivity (Wildman–Crippen MR) is 205 cm³/mol. The second kappa shape index (κ2) is 12.5. The molecule has 2 N–H and O–H groups in total. The number of anilines is 1. The van der Waals surface area contributed by atoms with Gasteiger partial charge in [0.25, 0.3) is 0 Å². The van der Waals surface area contributed by atoms with E-state index in [0.717, 1.165) is 58.6 Å². The first kappa shape index (κ1) is 30.2. The van der Waals surface area contributed by atoms with Crippen LogP contribution in [0.4, 0.5) is 5.69 Å². The number of hydrogen-bond donors (Lipinski definition) is 1. The van der Waals surface area contributed by atoms with Crippen LogP contribution in [0.15, 0.2) is 164 Å². The molecule has 4 unspecified atom stereocenters. The number of benzene rings is 4. The Kier molecular flexibility index (Phi) is 7.58. The number of hydrogen-bond acceptors (Lipinski definition) is 4. The lowest BCUT2D eigenvalue weighted by molar-refractivity contribution is 0.303. The van der Waals surface area contributed by atoms with Gasteiger partial charge in [-0.25, -0.2) is 15.0 Å². The average molecular weight is 647 g/mol. The molecule has 242 valence electrons. The van der Waals surface area contributed by atoms with Crippen LogP contribution in [-0.4, -0.2) is 15.0 Å². The zero-order valence-electron chi connectivity index (χ0n) is 27.9. The third-order valence-corrected chi connectivity index (χ3v) is 10.9. The standard InChI is InChI=1S/C46H38N4/c47-37-28-26-31(27-29-37)33-16-12-17-34(30-33)44-48-43(32-14-4-1-5-15-32)49-45(50-44)39-23-13-25-41-42(39)38-22-10-11-24-40(38)46(41,35-18-6-2-7-19-35)36-20-8-3-9-21-36/h2-4,6-20,22-30,36,41-42H,1,5,21,47H2. The minimum atomic E-state index is -0.249. The minimum Gasteiger partial charge on any atom is -0.399 e. The summed E-state index contributed by atoms with van der Waals surface area (Å²) in [5.41, 5.74) is 15.9. The fourth-order valence-electron chi connectivity index (χ4n) is 8.70. The number of nitrogens with zero attached hydrogens (tertiary/aromatic N) is 3. The number of rotatable bonds is 6. The van der Waals surface area contributed by atoms with E-state index in [1.807, 2.05) is 12.1 Å². The molecule has 50 heavy (non-hydrogen) atoms. The molecular weight excluding hydrogens is 609 g/mol. The van der Waals surface area contributed by atoms with E-state index in [1.165, 1.54) is 16.7 Å². The summed E-state index contributed by atoms with van der Waals surface area (Å²) in [7, 11) is 0. The van der Waals surface area contributed by atoms with Gasteiger partial charge in [-0.05, 0) is 71.2 Å². The highest BCUT2D eigenvalue weighted by Gasteiger charge is 2.56. The van der Waals surface area contributed by atoms with Crippen molar-refractivity contribution in [2.75, 3.05) is 5.73 Å². The molecule has 9 rings (SSSR count). The van der Waals surface area contributed by atoms with Gasteiger partial charge in [-0.3, -0.25) is 0 Å². The first-order valence-electron chi connectivity index (χ1n) is 17.7. The van der Waals surface area contributed by atoms with Crippen LogP contribution < -0.4 is 5.73 Å². The maximum absolute atomic E-state index is 6.01. The Morgan fingerprint density at radius 2 is 1.44 bits per heavy atom. The number of nitrogens with two attached hydrogens (primary N) is 1. The molecule has 5 aromatic rings. The maximum Gasteiger partial charge on any atom is 0.164 e. The Labute approximate surface area is 293 Å². The lowest BCUT2D eigenvalue weighted by Gasteiger charge is -2.44. The molecule has 4 nitrogen and oxygen atoms in total. The molecule has 4 aromatic carbocycles. The molecule has 0 saturated heterocycles. The molecule has 1 aromatic heterocycles. The molecule has 1 heterocycles. The van der Waals surface area contributed by atoms with Crippen LogP contribution in [0.5, 0.6) is 0 Å². The second-order valence-electron chi connectivity index (χ2n) is 13.6. The Bertz CT molecular complexity index is 2270. The van der Waals surface area contributed by atoms with Gasteiger partial charge in [0.2, 0.25) is 0 Å². The van der Waals surface area contributed by atoms with E-state index in [0.29, 0.717) is 17.6 Å². The lowest BCUT2D eigenvalue weighted by Crippen LogP contribution is -2.41. The minimum absolute atomic E-state index is 0.0794. The first-order chi connectivity index (χ1) is 24.7. The van der Waals surface area contributed by atoms with Crippen LogP contribution in [-0.2, 0) is 5.41 Å². The van der Waals surface area contributed by atoms with Crippen molar-refractivity contribution in [2.45, 2.75) is 30.6 Å². The molecule has 0 aliphatic heterocycles. The van der Waals surface area contributed by atoms with Crippen molar-refractivity contribution >= 4 is 16.8 Å². The normalized spacial score (nSPS) is 23.2. The summed E-state index contributed by atoms with van der Waals surface area (Å²) >= 11 is 0. The van der Waals surface area contributed by atoms with Crippen LogP contribution in [0.2, 0.25) is 0 Å².